The van der Waals surface area contributed by atoms with Crippen molar-refractivity contribution >= 4 is 45.1 Å². The third-order valence-electron chi connectivity index (χ3n) is 2.56. The van der Waals surface area contributed by atoms with E-state index in [2.05, 4.69) is 26.1 Å². The van der Waals surface area contributed by atoms with Crippen molar-refractivity contribution in [2.45, 2.75) is 0 Å². The molecule has 0 aliphatic heterocycles. The molecule has 100 valence electrons. The van der Waals surface area contributed by atoms with Crippen molar-refractivity contribution in [3.05, 3.63) is 51.6 Å². The first-order chi connectivity index (χ1) is 9.70. The molecule has 0 aliphatic carbocycles. The average molecular weight is 348 g/mol. The highest BCUT2D eigenvalue weighted by molar-refractivity contribution is 9.11. The highest BCUT2D eigenvalue weighted by atomic mass is 79.9. The number of anilines is 1. The average Bonchev–Trinajstić information content (AvgIpc) is 3.05. The van der Waals surface area contributed by atoms with Gasteiger partial charge in [0.2, 0.25) is 5.82 Å². The molecular formula is C14H10BrN3OS. The van der Waals surface area contributed by atoms with E-state index in [4.69, 9.17) is 10.3 Å². The molecule has 0 aliphatic rings. The molecule has 2 aromatic heterocycles. The summed E-state index contributed by atoms with van der Waals surface area (Å²) >= 11 is 4.97. The van der Waals surface area contributed by atoms with Crippen LogP contribution in [0.1, 0.15) is 11.5 Å². The predicted octanol–water partition coefficient (Wildman–Crippen LogP) is 4.31. The van der Waals surface area contributed by atoms with E-state index >= 15 is 0 Å². The molecule has 6 heteroatoms. The highest BCUT2D eigenvalue weighted by Crippen LogP contribution is 2.29. The zero-order valence-corrected chi connectivity index (χ0v) is 12.7. The lowest BCUT2D eigenvalue weighted by Crippen LogP contribution is -1.83. The fraction of sp³-hybridized carbons (Fsp3) is 0. The van der Waals surface area contributed by atoms with Crippen LogP contribution in [0, 0.1) is 0 Å². The molecule has 2 heterocycles. The molecule has 1 aromatic carbocycles. The predicted molar refractivity (Wildman–Crippen MR) is 85.1 cm³/mol. The minimum absolute atomic E-state index is 0.465. The fourth-order valence-electron chi connectivity index (χ4n) is 1.67. The molecule has 0 amide bonds. The summed E-state index contributed by atoms with van der Waals surface area (Å²) in [5.74, 6) is 1.06. The van der Waals surface area contributed by atoms with Gasteiger partial charge in [0.1, 0.15) is 0 Å². The zero-order valence-electron chi connectivity index (χ0n) is 10.3. The van der Waals surface area contributed by atoms with Gasteiger partial charge in [-0.15, -0.1) is 11.3 Å². The van der Waals surface area contributed by atoms with Gasteiger partial charge in [0.25, 0.3) is 5.89 Å². The molecule has 0 unspecified atom stereocenters. The second-order valence-corrected chi connectivity index (χ2v) is 6.53. The van der Waals surface area contributed by atoms with Gasteiger partial charge in [-0.2, -0.15) is 4.98 Å². The Labute approximate surface area is 128 Å². The van der Waals surface area contributed by atoms with Gasteiger partial charge in [-0.25, -0.2) is 0 Å². The van der Waals surface area contributed by atoms with Crippen LogP contribution in [0.5, 0.6) is 0 Å². The maximum Gasteiger partial charge on any atom is 0.250 e. The molecule has 0 spiro atoms. The Bertz CT molecular complexity index is 763. The van der Waals surface area contributed by atoms with Crippen molar-refractivity contribution in [2.24, 2.45) is 0 Å². The van der Waals surface area contributed by atoms with Gasteiger partial charge in [0.05, 0.1) is 8.66 Å². The summed E-state index contributed by atoms with van der Waals surface area (Å²) in [5.41, 5.74) is 7.43. The van der Waals surface area contributed by atoms with Crippen molar-refractivity contribution in [2.75, 3.05) is 5.73 Å². The van der Waals surface area contributed by atoms with E-state index in [1.807, 2.05) is 42.5 Å². The molecule has 2 N–H and O–H groups in total. The lowest BCUT2D eigenvalue weighted by atomic mass is 10.2. The Kier molecular flexibility index (Phi) is 3.66. The van der Waals surface area contributed by atoms with E-state index in [0.29, 0.717) is 11.7 Å². The Balaban J connectivity index is 1.80. The summed E-state index contributed by atoms with van der Waals surface area (Å²) in [7, 11) is 0. The van der Waals surface area contributed by atoms with Crippen molar-refractivity contribution in [1.82, 2.24) is 10.1 Å². The summed E-state index contributed by atoms with van der Waals surface area (Å²) in [6, 6.07) is 11.5. The van der Waals surface area contributed by atoms with Crippen molar-refractivity contribution < 1.29 is 4.52 Å². The Morgan fingerprint density at radius 3 is 2.85 bits per heavy atom. The topological polar surface area (TPSA) is 64.9 Å². The monoisotopic (exact) mass is 347 g/mol. The van der Waals surface area contributed by atoms with Gasteiger partial charge < -0.3 is 10.3 Å². The van der Waals surface area contributed by atoms with Crippen molar-refractivity contribution in [1.29, 1.82) is 0 Å². The van der Waals surface area contributed by atoms with E-state index in [1.54, 1.807) is 17.4 Å². The molecule has 0 fully saturated rings. The number of halogens is 1. The van der Waals surface area contributed by atoms with Gasteiger partial charge in [0.15, 0.2) is 0 Å². The van der Waals surface area contributed by atoms with E-state index in [-0.39, 0.29) is 0 Å². The van der Waals surface area contributed by atoms with E-state index < -0.39 is 0 Å². The van der Waals surface area contributed by atoms with Gasteiger partial charge in [-0.3, -0.25) is 0 Å². The summed E-state index contributed by atoms with van der Waals surface area (Å²) in [4.78, 5) is 5.29. The first-order valence-corrected chi connectivity index (χ1v) is 7.45. The van der Waals surface area contributed by atoms with E-state index in [1.165, 1.54) is 0 Å². The first kappa shape index (κ1) is 13.1. The first-order valence-electron chi connectivity index (χ1n) is 5.84. The minimum atomic E-state index is 0.465. The van der Waals surface area contributed by atoms with Crippen molar-refractivity contribution in [3.63, 3.8) is 0 Å². The maximum atomic E-state index is 5.72. The third kappa shape index (κ3) is 2.97. The second kappa shape index (κ2) is 5.60. The number of nitrogens with zero attached hydrogens (tertiary/aromatic N) is 2. The Hall–Kier alpha value is -1.92. The number of benzene rings is 1. The van der Waals surface area contributed by atoms with Crippen LogP contribution in [0.15, 0.2) is 44.7 Å². The van der Waals surface area contributed by atoms with Crippen LogP contribution < -0.4 is 5.73 Å². The molecule has 3 rings (SSSR count). The molecule has 0 bridgehead atoms. The number of rotatable bonds is 3. The largest absolute Gasteiger partial charge is 0.399 e. The van der Waals surface area contributed by atoms with Crippen LogP contribution in [0.4, 0.5) is 5.69 Å². The van der Waals surface area contributed by atoms with Crippen LogP contribution in [-0.2, 0) is 0 Å². The van der Waals surface area contributed by atoms with Gasteiger partial charge >= 0.3 is 0 Å². The van der Waals surface area contributed by atoms with Crippen LogP contribution in [0.3, 0.4) is 0 Å². The quantitative estimate of drug-likeness (QED) is 0.716. The summed E-state index contributed by atoms with van der Waals surface area (Å²) in [5, 5.41) is 3.96. The number of nitrogens with two attached hydrogens (primary N) is 1. The third-order valence-corrected chi connectivity index (χ3v) is 4.18. The van der Waals surface area contributed by atoms with Crippen LogP contribution in [-0.4, -0.2) is 10.1 Å². The summed E-state index contributed by atoms with van der Waals surface area (Å²) in [6.07, 6.45) is 3.66. The van der Waals surface area contributed by atoms with Crippen LogP contribution >= 0.6 is 27.3 Å². The summed E-state index contributed by atoms with van der Waals surface area (Å²) in [6.45, 7) is 0. The molecule has 20 heavy (non-hydrogen) atoms. The minimum Gasteiger partial charge on any atom is -0.399 e. The molecule has 0 atom stereocenters. The Morgan fingerprint density at radius 2 is 2.10 bits per heavy atom. The van der Waals surface area contributed by atoms with Crippen LogP contribution in [0.2, 0.25) is 0 Å². The highest BCUT2D eigenvalue weighted by Gasteiger charge is 2.08. The lowest BCUT2D eigenvalue weighted by molar-refractivity contribution is 0.411. The van der Waals surface area contributed by atoms with Gasteiger partial charge in [-0.05, 0) is 51.8 Å². The number of hydrogen-bond acceptors (Lipinski definition) is 5. The number of aromatic nitrogens is 2. The smallest absolute Gasteiger partial charge is 0.250 e. The standard InChI is InChI=1S/C14H10BrN3OS/c15-12-6-5-11(20-12)14-17-13(19-18-14)7-4-9-2-1-3-10(16)8-9/h1-8H,16H2/b7-4+. The van der Waals surface area contributed by atoms with Crippen LogP contribution in [0.25, 0.3) is 22.9 Å². The maximum absolute atomic E-state index is 5.72. The van der Waals surface area contributed by atoms with Gasteiger partial charge in [0, 0.05) is 11.8 Å². The van der Waals surface area contributed by atoms with E-state index in [0.717, 1.165) is 19.9 Å². The zero-order chi connectivity index (χ0) is 13.9. The molecule has 0 saturated carbocycles. The molecular weight excluding hydrogens is 338 g/mol. The lowest BCUT2D eigenvalue weighted by Gasteiger charge is -1.94. The summed E-state index contributed by atoms with van der Waals surface area (Å²) < 4.78 is 6.23. The van der Waals surface area contributed by atoms with E-state index in [9.17, 15) is 0 Å². The van der Waals surface area contributed by atoms with Gasteiger partial charge in [-0.1, -0.05) is 17.3 Å². The molecule has 0 radical (unpaired) electrons. The number of nitrogen functional groups attached to an aromatic ring is 1. The molecule has 4 nitrogen and oxygen atoms in total. The number of hydrogen-bond donors (Lipinski definition) is 1. The number of thiophene rings is 1. The SMILES string of the molecule is Nc1cccc(/C=C/c2nc(-c3ccc(Br)s3)no2)c1. The Morgan fingerprint density at radius 1 is 1.20 bits per heavy atom. The second-order valence-electron chi connectivity index (χ2n) is 4.06. The fourth-order valence-corrected chi connectivity index (χ4v) is 2.98. The molecule has 0 saturated heterocycles. The van der Waals surface area contributed by atoms with Crippen molar-refractivity contribution in [3.8, 4) is 10.7 Å². The molecule has 3 aromatic rings. The normalized spacial score (nSPS) is 11.2.